The van der Waals surface area contributed by atoms with Crippen molar-refractivity contribution in [1.29, 1.82) is 0 Å². The maximum Gasteiger partial charge on any atom is 0.410 e. The normalized spacial score (nSPS) is 28.2. The Morgan fingerprint density at radius 1 is 1.47 bits per heavy atom. The maximum atomic E-state index is 12.1. The second kappa shape index (κ2) is 5.00. The molecule has 2 aliphatic heterocycles. The molecule has 2 heterocycles. The molecule has 0 radical (unpaired) electrons. The van der Waals surface area contributed by atoms with Crippen LogP contribution in [0.25, 0.3) is 0 Å². The number of amides is 2. The Morgan fingerprint density at radius 2 is 2.21 bits per heavy atom. The van der Waals surface area contributed by atoms with E-state index < -0.39 is 5.60 Å². The highest BCUT2D eigenvalue weighted by molar-refractivity contribution is 5.79. The predicted molar refractivity (Wildman–Crippen MR) is 68.7 cm³/mol. The largest absolute Gasteiger partial charge is 0.444 e. The number of hydrogen-bond donors (Lipinski definition) is 1. The zero-order valence-electron chi connectivity index (χ0n) is 11.8. The molecule has 2 aliphatic rings. The molecule has 2 saturated heterocycles. The molecular weight excluding hydrogens is 248 g/mol. The Morgan fingerprint density at radius 3 is 2.79 bits per heavy atom. The van der Waals surface area contributed by atoms with Crippen molar-refractivity contribution in [1.82, 2.24) is 10.2 Å². The van der Waals surface area contributed by atoms with Gasteiger partial charge in [-0.25, -0.2) is 4.79 Å². The summed E-state index contributed by atoms with van der Waals surface area (Å²) in [6, 6.07) is 0. The van der Waals surface area contributed by atoms with Crippen molar-refractivity contribution in [2.45, 2.75) is 32.8 Å². The van der Waals surface area contributed by atoms with E-state index in [4.69, 9.17) is 9.47 Å². The van der Waals surface area contributed by atoms with Gasteiger partial charge in [0.05, 0.1) is 13.2 Å². The molecule has 0 saturated carbocycles. The van der Waals surface area contributed by atoms with E-state index in [1.54, 1.807) is 4.90 Å². The van der Waals surface area contributed by atoms with E-state index in [0.29, 0.717) is 39.3 Å². The van der Waals surface area contributed by atoms with Gasteiger partial charge in [0.2, 0.25) is 5.91 Å². The molecule has 19 heavy (non-hydrogen) atoms. The van der Waals surface area contributed by atoms with Crippen LogP contribution in [-0.2, 0) is 14.3 Å². The molecule has 6 nitrogen and oxygen atoms in total. The first-order chi connectivity index (χ1) is 8.80. The Hall–Kier alpha value is -1.30. The first-order valence-corrected chi connectivity index (χ1v) is 6.62. The van der Waals surface area contributed by atoms with Gasteiger partial charge in [-0.3, -0.25) is 4.79 Å². The molecule has 2 fully saturated rings. The summed E-state index contributed by atoms with van der Waals surface area (Å²) < 4.78 is 10.9. The van der Waals surface area contributed by atoms with E-state index in [2.05, 4.69) is 5.32 Å². The quantitative estimate of drug-likeness (QED) is 0.705. The fourth-order valence-corrected chi connectivity index (χ4v) is 2.44. The molecule has 0 aromatic rings. The smallest absolute Gasteiger partial charge is 0.410 e. The summed E-state index contributed by atoms with van der Waals surface area (Å²) >= 11 is 0. The third-order valence-corrected chi connectivity index (χ3v) is 3.29. The zero-order valence-corrected chi connectivity index (χ0v) is 11.8. The number of carbonyl (C=O) groups is 2. The van der Waals surface area contributed by atoms with Crippen LogP contribution in [0.3, 0.4) is 0 Å². The number of carbonyl (C=O) groups excluding carboxylic acids is 2. The van der Waals surface area contributed by atoms with Crippen LogP contribution in [-0.4, -0.2) is 55.3 Å². The summed E-state index contributed by atoms with van der Waals surface area (Å²) in [5, 5.41) is 2.82. The summed E-state index contributed by atoms with van der Waals surface area (Å²) in [6.07, 6.45) is 0.0727. The standard InChI is InChI=1S/C13H22N2O4/c1-12(2,3)19-11(17)15-4-5-18-9-13(8-15)6-10(16)14-7-13/h4-9H2,1-3H3,(H,14,16)/t13-/m0/s1. The maximum absolute atomic E-state index is 12.1. The summed E-state index contributed by atoms with van der Waals surface area (Å²) in [5.41, 5.74) is -0.814. The van der Waals surface area contributed by atoms with E-state index in [1.165, 1.54) is 0 Å². The first-order valence-electron chi connectivity index (χ1n) is 6.62. The van der Waals surface area contributed by atoms with Crippen LogP contribution in [0.5, 0.6) is 0 Å². The van der Waals surface area contributed by atoms with Crippen LogP contribution in [0.2, 0.25) is 0 Å². The number of hydrogen-bond acceptors (Lipinski definition) is 4. The topological polar surface area (TPSA) is 67.9 Å². The summed E-state index contributed by atoms with van der Waals surface area (Å²) in [7, 11) is 0. The van der Waals surface area contributed by atoms with Crippen molar-refractivity contribution in [2.75, 3.05) is 32.8 Å². The van der Waals surface area contributed by atoms with E-state index in [0.717, 1.165) is 0 Å². The molecule has 0 bridgehead atoms. The number of ether oxygens (including phenoxy) is 2. The molecule has 1 atom stereocenters. The molecule has 1 N–H and O–H groups in total. The van der Waals surface area contributed by atoms with E-state index in [1.807, 2.05) is 20.8 Å². The van der Waals surface area contributed by atoms with Crippen molar-refractivity contribution in [3.8, 4) is 0 Å². The summed E-state index contributed by atoms with van der Waals surface area (Å²) in [5.74, 6) is 0.0228. The van der Waals surface area contributed by atoms with Gasteiger partial charge < -0.3 is 19.7 Å². The van der Waals surface area contributed by atoms with Crippen molar-refractivity contribution in [2.24, 2.45) is 5.41 Å². The van der Waals surface area contributed by atoms with Crippen molar-refractivity contribution >= 4 is 12.0 Å². The van der Waals surface area contributed by atoms with Crippen molar-refractivity contribution in [3.05, 3.63) is 0 Å². The first kappa shape index (κ1) is 14.1. The van der Waals surface area contributed by atoms with Gasteiger partial charge >= 0.3 is 6.09 Å². The highest BCUT2D eigenvalue weighted by Gasteiger charge is 2.43. The molecule has 2 amide bonds. The average Bonchev–Trinajstić information content (AvgIpc) is 2.51. The average molecular weight is 270 g/mol. The van der Waals surface area contributed by atoms with Crippen molar-refractivity contribution < 1.29 is 19.1 Å². The van der Waals surface area contributed by atoms with Crippen LogP contribution >= 0.6 is 0 Å². The monoisotopic (exact) mass is 270 g/mol. The SMILES string of the molecule is CC(C)(C)OC(=O)N1CCOC[C@@]2(CNC(=O)C2)C1. The Kier molecular flexibility index (Phi) is 3.71. The fraction of sp³-hybridized carbons (Fsp3) is 0.846. The van der Waals surface area contributed by atoms with Crippen LogP contribution in [0.4, 0.5) is 4.79 Å². The van der Waals surface area contributed by atoms with E-state index in [9.17, 15) is 9.59 Å². The van der Waals surface area contributed by atoms with Gasteiger partial charge in [-0.05, 0) is 20.8 Å². The molecule has 6 heteroatoms. The van der Waals surface area contributed by atoms with Gasteiger partial charge in [0, 0.05) is 31.5 Å². The van der Waals surface area contributed by atoms with E-state index >= 15 is 0 Å². The molecule has 0 aliphatic carbocycles. The Bertz CT molecular complexity index is 377. The molecule has 0 unspecified atom stereocenters. The minimum atomic E-state index is -0.513. The van der Waals surface area contributed by atoms with Crippen LogP contribution in [0.15, 0.2) is 0 Å². The molecule has 2 rings (SSSR count). The predicted octanol–water partition coefficient (Wildman–Crippen LogP) is 0.760. The van der Waals surface area contributed by atoms with Crippen LogP contribution in [0.1, 0.15) is 27.2 Å². The highest BCUT2D eigenvalue weighted by atomic mass is 16.6. The van der Waals surface area contributed by atoms with Gasteiger partial charge in [0.25, 0.3) is 0 Å². The van der Waals surface area contributed by atoms with Crippen molar-refractivity contribution in [3.63, 3.8) is 0 Å². The molecule has 108 valence electrons. The lowest BCUT2D eigenvalue weighted by Gasteiger charge is -2.31. The molecule has 0 aromatic heterocycles. The van der Waals surface area contributed by atoms with Gasteiger partial charge in [0.15, 0.2) is 0 Å². The minimum absolute atomic E-state index is 0.0228. The highest BCUT2D eigenvalue weighted by Crippen LogP contribution is 2.30. The second-order valence-corrected chi connectivity index (χ2v) is 6.41. The van der Waals surface area contributed by atoms with Crippen LogP contribution < -0.4 is 5.32 Å². The van der Waals surface area contributed by atoms with Gasteiger partial charge in [0.1, 0.15) is 5.60 Å². The number of nitrogens with one attached hydrogen (secondary N) is 1. The molecular formula is C13H22N2O4. The molecule has 0 aromatic carbocycles. The fourth-order valence-electron chi connectivity index (χ4n) is 2.44. The zero-order chi connectivity index (χ0) is 14.1. The lowest BCUT2D eigenvalue weighted by Crippen LogP contribution is -2.44. The number of rotatable bonds is 0. The minimum Gasteiger partial charge on any atom is -0.444 e. The second-order valence-electron chi connectivity index (χ2n) is 6.41. The molecule has 1 spiro atoms. The lowest BCUT2D eigenvalue weighted by molar-refractivity contribution is -0.120. The van der Waals surface area contributed by atoms with Gasteiger partial charge in [-0.2, -0.15) is 0 Å². The van der Waals surface area contributed by atoms with Gasteiger partial charge in [-0.15, -0.1) is 0 Å². The van der Waals surface area contributed by atoms with E-state index in [-0.39, 0.29) is 17.4 Å². The third kappa shape index (κ3) is 3.59. The summed E-state index contributed by atoms with van der Waals surface area (Å²) in [6.45, 7) is 8.08. The third-order valence-electron chi connectivity index (χ3n) is 3.29. The number of nitrogens with zero attached hydrogens (tertiary/aromatic N) is 1. The van der Waals surface area contributed by atoms with Gasteiger partial charge in [-0.1, -0.05) is 0 Å². The Labute approximate surface area is 113 Å². The summed E-state index contributed by atoms with van der Waals surface area (Å²) in [4.78, 5) is 25.2. The Balaban J connectivity index is 2.04. The van der Waals surface area contributed by atoms with Crippen LogP contribution in [0, 0.1) is 5.41 Å². The lowest BCUT2D eigenvalue weighted by atomic mass is 9.87.